The molecule has 0 heterocycles. The Labute approximate surface area is 116 Å². The second-order valence-corrected chi connectivity index (χ2v) is 5.38. The standard InChI is InChI=1S/C15H19F4N/c16-13-9-8-11(15(17,18)19)10-14(13)20-12-6-4-2-1-3-5-7-12/h8-10,12,20H,1-7H2. The smallest absolute Gasteiger partial charge is 0.380 e. The van der Waals surface area contributed by atoms with Gasteiger partial charge in [-0.2, -0.15) is 13.2 Å². The lowest BCUT2D eigenvalue weighted by atomic mass is 9.96. The maximum atomic E-state index is 13.7. The molecule has 0 amide bonds. The Hall–Kier alpha value is -1.26. The summed E-state index contributed by atoms with van der Waals surface area (Å²) in [7, 11) is 0. The zero-order valence-corrected chi connectivity index (χ0v) is 11.3. The average molecular weight is 289 g/mol. The first-order chi connectivity index (χ1) is 9.47. The fourth-order valence-corrected chi connectivity index (χ4v) is 2.63. The number of rotatable bonds is 2. The van der Waals surface area contributed by atoms with Crippen molar-refractivity contribution < 1.29 is 17.6 Å². The maximum absolute atomic E-state index is 13.7. The largest absolute Gasteiger partial charge is 0.416 e. The van der Waals surface area contributed by atoms with Crippen LogP contribution in [0.5, 0.6) is 0 Å². The molecule has 1 fully saturated rings. The average Bonchev–Trinajstić information content (AvgIpc) is 2.33. The van der Waals surface area contributed by atoms with Crippen LogP contribution >= 0.6 is 0 Å². The first kappa shape index (κ1) is 15.1. The van der Waals surface area contributed by atoms with Crippen LogP contribution in [0, 0.1) is 5.82 Å². The van der Waals surface area contributed by atoms with Crippen molar-refractivity contribution in [1.29, 1.82) is 0 Å². The van der Waals surface area contributed by atoms with E-state index < -0.39 is 17.6 Å². The van der Waals surface area contributed by atoms with Crippen LogP contribution in [0.1, 0.15) is 50.5 Å². The predicted octanol–water partition coefficient (Wildman–Crippen LogP) is 5.37. The van der Waals surface area contributed by atoms with Crippen molar-refractivity contribution in [3.63, 3.8) is 0 Å². The Kier molecular flexibility index (Phi) is 4.89. The molecule has 0 aromatic heterocycles. The highest BCUT2D eigenvalue weighted by Crippen LogP contribution is 2.32. The maximum Gasteiger partial charge on any atom is 0.416 e. The van der Waals surface area contributed by atoms with Crippen LogP contribution in [0.15, 0.2) is 18.2 Å². The molecule has 0 bridgehead atoms. The van der Waals surface area contributed by atoms with Crippen LogP contribution in [0.4, 0.5) is 23.2 Å². The third kappa shape index (κ3) is 4.12. The van der Waals surface area contributed by atoms with E-state index in [2.05, 4.69) is 5.32 Å². The Balaban J connectivity index is 2.10. The van der Waals surface area contributed by atoms with Crippen LogP contribution in [0.3, 0.4) is 0 Å². The highest BCUT2D eigenvalue weighted by Gasteiger charge is 2.31. The topological polar surface area (TPSA) is 12.0 Å². The van der Waals surface area contributed by atoms with Crippen LogP contribution in [-0.2, 0) is 6.18 Å². The van der Waals surface area contributed by atoms with E-state index in [0.717, 1.165) is 56.7 Å². The molecule has 1 aliphatic rings. The molecule has 0 atom stereocenters. The molecule has 5 heteroatoms. The predicted molar refractivity (Wildman–Crippen MR) is 71.1 cm³/mol. The van der Waals surface area contributed by atoms with Gasteiger partial charge in [0.15, 0.2) is 0 Å². The summed E-state index contributed by atoms with van der Waals surface area (Å²) < 4.78 is 51.6. The molecule has 112 valence electrons. The van der Waals surface area contributed by atoms with Crippen molar-refractivity contribution >= 4 is 5.69 Å². The van der Waals surface area contributed by atoms with Crippen molar-refractivity contribution in [2.75, 3.05) is 5.32 Å². The minimum absolute atomic E-state index is 0.0367. The number of hydrogen-bond acceptors (Lipinski definition) is 1. The molecule has 1 aromatic rings. The van der Waals surface area contributed by atoms with Gasteiger partial charge in [-0.1, -0.05) is 32.1 Å². The van der Waals surface area contributed by atoms with Gasteiger partial charge in [0.05, 0.1) is 11.3 Å². The minimum Gasteiger partial charge on any atom is -0.380 e. The molecule has 0 radical (unpaired) electrons. The molecule has 0 spiro atoms. The molecule has 0 unspecified atom stereocenters. The zero-order chi connectivity index (χ0) is 14.6. The first-order valence-electron chi connectivity index (χ1n) is 7.10. The summed E-state index contributed by atoms with van der Waals surface area (Å²) in [5, 5.41) is 2.95. The van der Waals surface area contributed by atoms with Gasteiger partial charge < -0.3 is 5.32 Å². The van der Waals surface area contributed by atoms with Crippen LogP contribution in [0.2, 0.25) is 0 Å². The van der Waals surface area contributed by atoms with Crippen LogP contribution in [0.25, 0.3) is 0 Å². The van der Waals surface area contributed by atoms with Crippen molar-refractivity contribution in [2.45, 2.75) is 57.2 Å². The van der Waals surface area contributed by atoms with Crippen LogP contribution in [-0.4, -0.2) is 6.04 Å². The number of anilines is 1. The monoisotopic (exact) mass is 289 g/mol. The van der Waals surface area contributed by atoms with Crippen molar-refractivity contribution in [1.82, 2.24) is 0 Å². The molecule has 1 aliphatic carbocycles. The molecular formula is C15H19F4N. The molecule has 1 saturated carbocycles. The fraction of sp³-hybridized carbons (Fsp3) is 0.600. The number of nitrogens with one attached hydrogen (secondary N) is 1. The van der Waals surface area contributed by atoms with Gasteiger partial charge in [0.1, 0.15) is 5.82 Å². The number of hydrogen-bond donors (Lipinski definition) is 1. The molecule has 1 nitrogen and oxygen atoms in total. The van der Waals surface area contributed by atoms with E-state index in [9.17, 15) is 17.6 Å². The van der Waals surface area contributed by atoms with E-state index >= 15 is 0 Å². The van der Waals surface area contributed by atoms with Gasteiger partial charge in [0.25, 0.3) is 0 Å². The van der Waals surface area contributed by atoms with Crippen molar-refractivity contribution in [3.8, 4) is 0 Å². The Morgan fingerprint density at radius 1 is 0.950 bits per heavy atom. The molecular weight excluding hydrogens is 270 g/mol. The lowest BCUT2D eigenvalue weighted by Gasteiger charge is -2.23. The summed E-state index contributed by atoms with van der Waals surface area (Å²) in [4.78, 5) is 0. The summed E-state index contributed by atoms with van der Waals surface area (Å²) >= 11 is 0. The van der Waals surface area contributed by atoms with Gasteiger partial charge in [-0.15, -0.1) is 0 Å². The molecule has 1 aromatic carbocycles. The van der Waals surface area contributed by atoms with E-state index in [1.165, 1.54) is 6.42 Å². The molecule has 1 N–H and O–H groups in total. The number of benzene rings is 1. The van der Waals surface area contributed by atoms with Gasteiger partial charge in [0, 0.05) is 6.04 Å². The van der Waals surface area contributed by atoms with Gasteiger partial charge >= 0.3 is 6.18 Å². The second-order valence-electron chi connectivity index (χ2n) is 5.38. The third-order valence-corrected chi connectivity index (χ3v) is 3.76. The van der Waals surface area contributed by atoms with Gasteiger partial charge in [-0.25, -0.2) is 4.39 Å². The van der Waals surface area contributed by atoms with Crippen LogP contribution < -0.4 is 5.32 Å². The van der Waals surface area contributed by atoms with E-state index in [1.54, 1.807) is 0 Å². The quantitative estimate of drug-likeness (QED) is 0.722. The summed E-state index contributed by atoms with van der Waals surface area (Å²) in [6.45, 7) is 0. The fourth-order valence-electron chi connectivity index (χ4n) is 2.63. The lowest BCUT2D eigenvalue weighted by molar-refractivity contribution is -0.137. The minimum atomic E-state index is -4.44. The van der Waals surface area contributed by atoms with E-state index in [0.29, 0.717) is 0 Å². The zero-order valence-electron chi connectivity index (χ0n) is 11.3. The lowest BCUT2D eigenvalue weighted by Crippen LogP contribution is -2.21. The highest BCUT2D eigenvalue weighted by molar-refractivity contribution is 5.48. The summed E-state index contributed by atoms with van der Waals surface area (Å²) in [5.41, 5.74) is -0.849. The second kappa shape index (κ2) is 6.46. The van der Waals surface area contributed by atoms with Gasteiger partial charge in [-0.3, -0.25) is 0 Å². The number of halogens is 4. The Bertz CT molecular complexity index is 434. The molecule has 0 aliphatic heterocycles. The van der Waals surface area contributed by atoms with Gasteiger partial charge in [0.2, 0.25) is 0 Å². The van der Waals surface area contributed by atoms with E-state index in [-0.39, 0.29) is 11.7 Å². The Morgan fingerprint density at radius 3 is 2.15 bits per heavy atom. The van der Waals surface area contributed by atoms with Crippen molar-refractivity contribution in [2.24, 2.45) is 0 Å². The summed E-state index contributed by atoms with van der Waals surface area (Å²) in [5.74, 6) is -0.625. The molecule has 2 rings (SSSR count). The molecule has 0 saturated heterocycles. The summed E-state index contributed by atoms with van der Waals surface area (Å²) in [6.07, 6.45) is 2.91. The van der Waals surface area contributed by atoms with E-state index in [1.807, 2.05) is 0 Å². The van der Waals surface area contributed by atoms with Gasteiger partial charge in [-0.05, 0) is 31.0 Å². The normalized spacial score (nSPS) is 18.4. The summed E-state index contributed by atoms with van der Waals surface area (Å²) in [6, 6.07) is 2.59. The highest BCUT2D eigenvalue weighted by atomic mass is 19.4. The Morgan fingerprint density at radius 2 is 1.55 bits per heavy atom. The van der Waals surface area contributed by atoms with E-state index in [4.69, 9.17) is 0 Å². The number of alkyl halides is 3. The first-order valence-corrected chi connectivity index (χ1v) is 7.10. The third-order valence-electron chi connectivity index (χ3n) is 3.76. The molecule has 20 heavy (non-hydrogen) atoms. The van der Waals surface area contributed by atoms with Crippen molar-refractivity contribution in [3.05, 3.63) is 29.6 Å². The SMILES string of the molecule is Fc1ccc(C(F)(F)F)cc1NC1CCCCCCC1.